The van der Waals surface area contributed by atoms with E-state index in [1.165, 1.54) is 55.6 Å². The molecule has 0 saturated heterocycles. The molecule has 0 saturated carbocycles. The summed E-state index contributed by atoms with van der Waals surface area (Å²) in [7, 11) is 1.23. The number of halogens is 2. The Morgan fingerprint density at radius 2 is 1.58 bits per heavy atom. The van der Waals surface area contributed by atoms with Crippen LogP contribution in [0, 0.1) is 23.0 Å². The highest BCUT2D eigenvalue weighted by atomic mass is 19.1. The number of hydrogen-bond donors (Lipinski definition) is 2. The smallest absolute Gasteiger partial charge is 0.339 e. The van der Waals surface area contributed by atoms with Crippen LogP contribution in [0.15, 0.2) is 91.0 Å². The molecule has 12 heteroatoms. The molecule has 3 N–H and O–H groups in total. The van der Waals surface area contributed by atoms with Crippen LogP contribution in [-0.2, 0) is 6.61 Å². The molecular weight excluding hydrogens is 588 g/mol. The molecule has 0 aliphatic carbocycles. The van der Waals surface area contributed by atoms with E-state index in [1.54, 1.807) is 12.1 Å². The van der Waals surface area contributed by atoms with Gasteiger partial charge < -0.3 is 34.5 Å². The number of nitrogens with two attached hydrogens (primary N) is 1. The predicted molar refractivity (Wildman–Crippen MR) is 157 cm³/mol. The number of hydrogen-bond acceptors (Lipinski definition) is 9. The fourth-order valence-electron chi connectivity index (χ4n) is 4.06. The summed E-state index contributed by atoms with van der Waals surface area (Å²) < 4.78 is 60.0. The molecule has 0 bridgehead atoms. The Balaban J connectivity index is 1.62. The summed E-state index contributed by atoms with van der Waals surface area (Å²) in [6.45, 7) is 0.104. The first-order valence-electron chi connectivity index (χ1n) is 13.2. The van der Waals surface area contributed by atoms with Crippen LogP contribution in [0.4, 0.5) is 14.5 Å². The van der Waals surface area contributed by atoms with Gasteiger partial charge in [0.25, 0.3) is 11.8 Å². The maximum absolute atomic E-state index is 16.1. The molecule has 1 heterocycles. The van der Waals surface area contributed by atoms with Crippen molar-refractivity contribution >= 4 is 11.7 Å². The first-order valence-corrected chi connectivity index (χ1v) is 13.2. The lowest BCUT2D eigenvalue weighted by Crippen LogP contribution is -2.07. The lowest BCUT2D eigenvalue weighted by atomic mass is 10.2. The largest absolute Gasteiger partial charge is 0.493 e. The number of anilines is 1. The van der Waals surface area contributed by atoms with Gasteiger partial charge in [-0.25, -0.2) is 4.79 Å². The van der Waals surface area contributed by atoms with Gasteiger partial charge in [-0.15, -0.1) is 0 Å². The number of nitriles is 1. The molecule has 226 valence electrons. The second kappa shape index (κ2) is 13.3. The van der Waals surface area contributed by atoms with E-state index < -0.39 is 46.4 Å². The van der Waals surface area contributed by atoms with Gasteiger partial charge in [-0.2, -0.15) is 19.0 Å². The Hall–Kier alpha value is -6.35. The highest BCUT2D eigenvalue weighted by Crippen LogP contribution is 2.44. The number of carbonyl (C=O) groups is 1. The second-order valence-electron chi connectivity index (χ2n) is 9.25. The Bertz CT molecular complexity index is 1910. The average Bonchev–Trinajstić information content (AvgIpc) is 3.05. The zero-order valence-electron chi connectivity index (χ0n) is 23.5. The van der Waals surface area contributed by atoms with Gasteiger partial charge in [0, 0.05) is 17.8 Å². The molecule has 0 aliphatic rings. The molecule has 45 heavy (non-hydrogen) atoms. The molecule has 1 aromatic heterocycles. The van der Waals surface area contributed by atoms with Crippen LogP contribution in [0.2, 0.25) is 0 Å². The van der Waals surface area contributed by atoms with E-state index in [-0.39, 0.29) is 40.9 Å². The van der Waals surface area contributed by atoms with Gasteiger partial charge >= 0.3 is 5.97 Å². The summed E-state index contributed by atoms with van der Waals surface area (Å²) in [4.78, 5) is 15.8. The predicted octanol–water partition coefficient (Wildman–Crippen LogP) is 7.48. The fourth-order valence-corrected chi connectivity index (χ4v) is 4.06. The SMILES string of the molecule is COc1cccc(C(=O)O)c1Oc1c(F)c(Oc2cccc(N)c2)nc(Oc2cc(C#N)ccc2OCc2ccccc2)c1F. The summed E-state index contributed by atoms with van der Waals surface area (Å²) in [6.07, 6.45) is 0. The van der Waals surface area contributed by atoms with E-state index in [2.05, 4.69) is 4.98 Å². The Morgan fingerprint density at radius 1 is 0.844 bits per heavy atom. The Kier molecular flexibility index (Phi) is 8.91. The van der Waals surface area contributed by atoms with Crippen LogP contribution in [-0.4, -0.2) is 23.2 Å². The van der Waals surface area contributed by atoms with Gasteiger partial charge in [-0.05, 0) is 42.0 Å². The van der Waals surface area contributed by atoms with E-state index in [0.29, 0.717) is 0 Å². The number of benzene rings is 4. The summed E-state index contributed by atoms with van der Waals surface area (Å²) >= 11 is 0. The van der Waals surface area contributed by atoms with Crippen molar-refractivity contribution in [2.24, 2.45) is 0 Å². The third-order valence-electron chi connectivity index (χ3n) is 6.20. The topological polar surface area (TPSA) is 146 Å². The van der Waals surface area contributed by atoms with E-state index in [1.807, 2.05) is 36.4 Å². The van der Waals surface area contributed by atoms with Crippen LogP contribution in [0.5, 0.6) is 46.3 Å². The number of nitrogen functional groups attached to an aromatic ring is 1. The Labute approximate surface area is 255 Å². The molecule has 0 aliphatic heterocycles. The summed E-state index contributed by atoms with van der Waals surface area (Å²) in [6, 6.07) is 25.2. The van der Waals surface area contributed by atoms with Crippen molar-refractivity contribution in [1.29, 1.82) is 5.26 Å². The number of carboxylic acids is 1. The van der Waals surface area contributed by atoms with Crippen LogP contribution >= 0.6 is 0 Å². The molecule has 10 nitrogen and oxygen atoms in total. The zero-order chi connectivity index (χ0) is 31.9. The minimum atomic E-state index is -1.45. The molecule has 0 spiro atoms. The van der Waals surface area contributed by atoms with Gasteiger partial charge in [0.15, 0.2) is 23.0 Å². The van der Waals surface area contributed by atoms with Gasteiger partial charge in [0.2, 0.25) is 17.4 Å². The lowest BCUT2D eigenvalue weighted by molar-refractivity contribution is 0.0693. The Morgan fingerprint density at radius 3 is 2.27 bits per heavy atom. The highest BCUT2D eigenvalue weighted by molar-refractivity contribution is 5.92. The number of methoxy groups -OCH3 is 1. The second-order valence-corrected chi connectivity index (χ2v) is 9.25. The number of ether oxygens (including phenoxy) is 5. The molecular formula is C33H23F2N3O7. The highest BCUT2D eigenvalue weighted by Gasteiger charge is 2.29. The molecule has 0 fully saturated rings. The van der Waals surface area contributed by atoms with E-state index >= 15 is 8.78 Å². The molecule has 4 aromatic carbocycles. The normalized spacial score (nSPS) is 10.4. The van der Waals surface area contributed by atoms with Crippen molar-refractivity contribution in [2.45, 2.75) is 6.61 Å². The van der Waals surface area contributed by atoms with Crippen molar-refractivity contribution < 1.29 is 42.4 Å². The van der Waals surface area contributed by atoms with E-state index in [0.717, 1.165) is 5.56 Å². The van der Waals surface area contributed by atoms with Crippen LogP contribution < -0.4 is 29.4 Å². The van der Waals surface area contributed by atoms with Crippen molar-refractivity contribution in [3.05, 3.63) is 119 Å². The number of aromatic carboxylic acids is 1. The van der Waals surface area contributed by atoms with Crippen LogP contribution in [0.3, 0.4) is 0 Å². The monoisotopic (exact) mass is 611 g/mol. The lowest BCUT2D eigenvalue weighted by Gasteiger charge is -2.18. The molecule has 0 amide bonds. The number of carboxylic acid groups (broad SMARTS) is 1. The summed E-state index contributed by atoms with van der Waals surface area (Å²) in [5, 5.41) is 19.2. The summed E-state index contributed by atoms with van der Waals surface area (Å²) in [5.74, 6) is -7.63. The first kappa shape index (κ1) is 30.1. The van der Waals surface area contributed by atoms with Gasteiger partial charge in [-0.1, -0.05) is 42.5 Å². The van der Waals surface area contributed by atoms with Crippen molar-refractivity contribution in [1.82, 2.24) is 4.98 Å². The number of para-hydroxylation sites is 1. The van der Waals surface area contributed by atoms with Gasteiger partial charge in [0.05, 0.1) is 18.7 Å². The minimum Gasteiger partial charge on any atom is -0.493 e. The molecule has 5 aromatic rings. The van der Waals surface area contributed by atoms with Gasteiger partial charge in [-0.3, -0.25) is 0 Å². The third-order valence-corrected chi connectivity index (χ3v) is 6.20. The number of nitrogens with zero attached hydrogens (tertiary/aromatic N) is 2. The maximum Gasteiger partial charge on any atom is 0.339 e. The third kappa shape index (κ3) is 6.84. The van der Waals surface area contributed by atoms with Crippen LogP contribution in [0.1, 0.15) is 21.5 Å². The van der Waals surface area contributed by atoms with Crippen molar-refractivity contribution in [2.75, 3.05) is 12.8 Å². The molecule has 5 rings (SSSR count). The fraction of sp³-hybridized carbons (Fsp3) is 0.0606. The zero-order valence-corrected chi connectivity index (χ0v) is 23.5. The number of pyridine rings is 1. The molecule has 0 unspecified atom stereocenters. The quantitative estimate of drug-likeness (QED) is 0.144. The van der Waals surface area contributed by atoms with Crippen LogP contribution in [0.25, 0.3) is 0 Å². The maximum atomic E-state index is 16.1. The minimum absolute atomic E-state index is 0.0480. The molecule has 0 radical (unpaired) electrons. The standard InChI is InChI=1S/C33H23F2N3O7/c1-41-25-12-6-11-23(33(39)40)29(25)45-30-27(34)31(43-22-10-5-9-21(37)16-22)38-32(28(30)35)44-26-15-20(17-36)13-14-24(26)42-18-19-7-3-2-4-8-19/h2-16H,18,37H2,1H3,(H,39,40). The molecule has 0 atom stereocenters. The van der Waals surface area contributed by atoms with Crippen molar-refractivity contribution in [3.63, 3.8) is 0 Å². The number of rotatable bonds is 11. The van der Waals surface area contributed by atoms with Crippen molar-refractivity contribution in [3.8, 4) is 52.3 Å². The summed E-state index contributed by atoms with van der Waals surface area (Å²) in [5.41, 5.74) is 6.63. The number of aromatic nitrogens is 1. The van der Waals surface area contributed by atoms with Gasteiger partial charge in [0.1, 0.15) is 17.9 Å². The van der Waals surface area contributed by atoms with E-state index in [9.17, 15) is 15.2 Å². The first-order chi connectivity index (χ1) is 21.8. The average molecular weight is 612 g/mol. The van der Waals surface area contributed by atoms with E-state index in [4.69, 9.17) is 29.4 Å².